The molecule has 0 heterocycles. The van der Waals surface area contributed by atoms with Gasteiger partial charge < -0.3 is 18.3 Å². The van der Waals surface area contributed by atoms with Crippen LogP contribution in [0.25, 0.3) is 0 Å². The first-order valence-electron chi connectivity index (χ1n) is 11.4. The van der Waals surface area contributed by atoms with Crippen LogP contribution < -0.4 is 9.47 Å². The highest BCUT2D eigenvalue weighted by molar-refractivity contribution is 6.74. The summed E-state index contributed by atoms with van der Waals surface area (Å²) in [6.07, 6.45) is 1.50. The van der Waals surface area contributed by atoms with Crippen molar-refractivity contribution >= 4 is 22.8 Å². The molecule has 0 N–H and O–H groups in total. The molecular weight excluding hydrogens is 465 g/mol. The summed E-state index contributed by atoms with van der Waals surface area (Å²) in [6.45, 7) is 22.1. The number of ether oxygens (including phenoxy) is 2. The molecule has 2 rings (SSSR count). The van der Waals surface area contributed by atoms with Crippen LogP contribution in [-0.2, 0) is 8.85 Å². The molecule has 0 aliphatic carbocycles. The minimum atomic E-state index is -1.82. The van der Waals surface area contributed by atoms with E-state index in [1.54, 1.807) is 6.07 Å². The lowest BCUT2D eigenvalue weighted by Crippen LogP contribution is -2.41. The van der Waals surface area contributed by atoms with Gasteiger partial charge in [0.15, 0.2) is 14.2 Å². The summed E-state index contributed by atoms with van der Waals surface area (Å²) in [6, 6.07) is 11.6. The molecule has 2 aromatic rings. The van der Waals surface area contributed by atoms with Gasteiger partial charge in [0, 0.05) is 11.8 Å². The molecule has 0 aromatic heterocycles. The third-order valence-electron chi connectivity index (χ3n) is 5.42. The topological polar surface area (TPSA) is 49.3 Å². The van der Waals surface area contributed by atoms with Crippen LogP contribution >= 0.6 is 0 Å². The van der Waals surface area contributed by atoms with Crippen molar-refractivity contribution in [1.29, 1.82) is 0 Å². The van der Waals surface area contributed by atoms with Gasteiger partial charge in [-0.2, -0.15) is 0 Å². The van der Waals surface area contributed by atoms with Gasteiger partial charge >= 0.3 is 0 Å². The van der Waals surface area contributed by atoms with Crippen molar-refractivity contribution < 1.29 is 22.7 Å². The second kappa shape index (κ2) is 11.3. The quantitative estimate of drug-likeness (QED) is 0.136. The number of rotatable bonds is 11. The van der Waals surface area contributed by atoms with Crippen molar-refractivity contribution in [3.63, 3.8) is 0 Å². The van der Waals surface area contributed by atoms with E-state index >= 15 is 0 Å². The molecule has 2 aromatic carbocycles. The van der Waals surface area contributed by atoms with Crippen molar-refractivity contribution in [2.24, 2.45) is 4.99 Å². The van der Waals surface area contributed by atoms with Gasteiger partial charge in [0.1, 0.15) is 29.7 Å². The molecule has 0 spiro atoms. The van der Waals surface area contributed by atoms with E-state index in [4.69, 9.17) is 18.3 Å². The van der Waals surface area contributed by atoms with E-state index in [1.165, 1.54) is 18.3 Å². The molecule has 0 radical (unpaired) electrons. The summed E-state index contributed by atoms with van der Waals surface area (Å²) in [5.74, 6) is 1.72. The lowest BCUT2D eigenvalue weighted by Gasteiger charge is -2.36. The van der Waals surface area contributed by atoms with Crippen molar-refractivity contribution in [2.45, 2.75) is 58.5 Å². The third kappa shape index (κ3) is 9.08. The third-order valence-corrected chi connectivity index (χ3v) is 10.8. The number of halogens is 1. The van der Waals surface area contributed by atoms with Gasteiger partial charge in [-0.3, -0.25) is 0 Å². The molecule has 0 amide bonds. The zero-order chi connectivity index (χ0) is 25.6. The lowest BCUT2D eigenvalue weighted by atomic mass is 10.2. The Balaban J connectivity index is 1.98. The van der Waals surface area contributed by atoms with E-state index in [0.717, 1.165) is 5.75 Å². The number of aliphatic imine (C=N–C) groups is 1. The zero-order valence-corrected chi connectivity index (χ0v) is 23.7. The Bertz CT molecular complexity index is 993. The van der Waals surface area contributed by atoms with Gasteiger partial charge in [-0.15, -0.1) is 0 Å². The SMILES string of the molecule is C=C(N=Cc1cc(F)ccc1Oc1ccc(OCCO[Si](C)(C)C(C)(C)C)cc1)O[Si](C)(C)C. The van der Waals surface area contributed by atoms with E-state index in [2.05, 4.69) is 45.4 Å². The predicted molar refractivity (Wildman–Crippen MR) is 143 cm³/mol. The molecule has 8 heteroatoms. The molecule has 0 bridgehead atoms. The Hall–Kier alpha value is -2.43. The first-order valence-corrected chi connectivity index (χ1v) is 17.7. The molecule has 34 heavy (non-hydrogen) atoms. The van der Waals surface area contributed by atoms with Gasteiger partial charge in [0.25, 0.3) is 0 Å². The Kier molecular flexibility index (Phi) is 9.27. The van der Waals surface area contributed by atoms with Crippen LogP contribution in [0, 0.1) is 5.82 Å². The fraction of sp³-hybridized carbons (Fsp3) is 0.423. The van der Waals surface area contributed by atoms with Gasteiger partial charge in [-0.25, -0.2) is 9.38 Å². The first-order chi connectivity index (χ1) is 15.7. The fourth-order valence-electron chi connectivity index (χ4n) is 2.64. The second-order valence-corrected chi connectivity index (χ2v) is 19.8. The number of benzene rings is 2. The van der Waals surface area contributed by atoms with Crippen molar-refractivity contribution in [2.75, 3.05) is 13.2 Å². The molecule has 186 valence electrons. The molecule has 0 atom stereocenters. The largest absolute Gasteiger partial charge is 0.532 e. The summed E-state index contributed by atoms with van der Waals surface area (Å²) >= 11 is 0. The van der Waals surface area contributed by atoms with E-state index in [9.17, 15) is 4.39 Å². The highest BCUT2D eigenvalue weighted by Gasteiger charge is 2.36. The van der Waals surface area contributed by atoms with Crippen LogP contribution in [0.15, 0.2) is 59.9 Å². The van der Waals surface area contributed by atoms with E-state index in [-0.39, 0.29) is 10.9 Å². The average molecular weight is 504 g/mol. The normalized spacial score (nSPS) is 12.6. The van der Waals surface area contributed by atoms with Gasteiger partial charge in [0.05, 0.1) is 6.61 Å². The zero-order valence-electron chi connectivity index (χ0n) is 21.7. The highest BCUT2D eigenvalue weighted by Crippen LogP contribution is 2.36. The van der Waals surface area contributed by atoms with Crippen molar-refractivity contribution in [3.05, 3.63) is 66.3 Å². The maximum Gasteiger partial charge on any atom is 0.244 e. The van der Waals surface area contributed by atoms with Crippen molar-refractivity contribution in [1.82, 2.24) is 0 Å². The molecule has 0 unspecified atom stereocenters. The maximum atomic E-state index is 13.8. The summed E-state index contributed by atoms with van der Waals surface area (Å²) in [5, 5.41) is 0.171. The van der Waals surface area contributed by atoms with Crippen LogP contribution in [0.1, 0.15) is 26.3 Å². The minimum absolute atomic E-state index is 0.171. The molecule has 0 aliphatic rings. The standard InChI is InChI=1S/C26H38FNO4Si2/c1-20(32-33(5,6)7)28-19-21-18-22(27)10-15-25(21)31-24-13-11-23(12-14-24)29-16-17-30-34(8,9)26(2,3)4/h10-15,18-19H,1,16-17H2,2-9H3. The molecule has 0 aliphatic heterocycles. The van der Waals surface area contributed by atoms with Gasteiger partial charge in [-0.05, 0) is 86.8 Å². The second-order valence-electron chi connectivity index (χ2n) is 10.6. The maximum absolute atomic E-state index is 13.8. The van der Waals surface area contributed by atoms with Crippen LogP contribution in [0.3, 0.4) is 0 Å². The molecule has 0 saturated carbocycles. The number of nitrogens with zero attached hydrogens (tertiary/aromatic N) is 1. The monoisotopic (exact) mass is 503 g/mol. The number of hydrogen-bond donors (Lipinski definition) is 0. The molecule has 0 saturated heterocycles. The van der Waals surface area contributed by atoms with Crippen LogP contribution in [0.4, 0.5) is 4.39 Å². The summed E-state index contributed by atoms with van der Waals surface area (Å²) in [7, 11) is -3.60. The molecule has 5 nitrogen and oxygen atoms in total. The van der Waals surface area contributed by atoms with Crippen LogP contribution in [0.5, 0.6) is 17.2 Å². The summed E-state index contributed by atoms with van der Waals surface area (Å²) in [4.78, 5) is 4.23. The lowest BCUT2D eigenvalue weighted by molar-refractivity contribution is 0.203. The average Bonchev–Trinajstić information content (AvgIpc) is 2.70. The predicted octanol–water partition coefficient (Wildman–Crippen LogP) is 7.76. The van der Waals surface area contributed by atoms with Crippen LogP contribution in [0.2, 0.25) is 37.8 Å². The fourth-order valence-corrected chi connectivity index (χ4v) is 4.42. The number of hydrogen-bond acceptors (Lipinski definition) is 5. The summed E-state index contributed by atoms with van der Waals surface area (Å²) in [5.41, 5.74) is 0.489. The van der Waals surface area contributed by atoms with Gasteiger partial charge in [0.2, 0.25) is 8.32 Å². The highest BCUT2D eigenvalue weighted by atomic mass is 28.4. The van der Waals surface area contributed by atoms with Crippen LogP contribution in [-0.4, -0.2) is 36.1 Å². The summed E-state index contributed by atoms with van der Waals surface area (Å²) < 4.78 is 37.5. The van der Waals surface area contributed by atoms with E-state index in [0.29, 0.717) is 36.2 Å². The van der Waals surface area contributed by atoms with E-state index < -0.39 is 16.6 Å². The Morgan fingerprint density at radius 1 is 0.971 bits per heavy atom. The van der Waals surface area contributed by atoms with E-state index in [1.807, 2.05) is 43.9 Å². The Labute approximate surface area is 205 Å². The first kappa shape index (κ1) is 27.8. The Morgan fingerprint density at radius 3 is 2.18 bits per heavy atom. The smallest absolute Gasteiger partial charge is 0.244 e. The Morgan fingerprint density at radius 2 is 1.59 bits per heavy atom. The van der Waals surface area contributed by atoms with Crippen molar-refractivity contribution in [3.8, 4) is 17.2 Å². The molecule has 0 fully saturated rings. The minimum Gasteiger partial charge on any atom is -0.532 e. The van der Waals surface area contributed by atoms with Gasteiger partial charge in [-0.1, -0.05) is 20.8 Å². The molecular formula is C26H38FNO4Si2.